The van der Waals surface area contributed by atoms with Crippen LogP contribution in [0, 0.1) is 0 Å². The van der Waals surface area contributed by atoms with Gasteiger partial charge < -0.3 is 0 Å². The van der Waals surface area contributed by atoms with Crippen LogP contribution in [0.5, 0.6) is 0 Å². The van der Waals surface area contributed by atoms with Crippen molar-refractivity contribution in [3.8, 4) is 0 Å². The fourth-order valence-corrected chi connectivity index (χ4v) is 4.01. The molecule has 0 heterocycles. The molecule has 0 spiro atoms. The van der Waals surface area contributed by atoms with Crippen LogP contribution in [0.3, 0.4) is 0 Å². The summed E-state index contributed by atoms with van der Waals surface area (Å²) in [5.74, 6) is 0. The van der Waals surface area contributed by atoms with Crippen LogP contribution in [0.25, 0.3) is 0 Å². The van der Waals surface area contributed by atoms with Gasteiger partial charge in [-0.3, -0.25) is 0 Å². The maximum atomic E-state index is 3.68. The molecule has 0 amide bonds. The maximum Gasteiger partial charge on any atom is 0.0273 e. The van der Waals surface area contributed by atoms with Crippen LogP contribution < -0.4 is 0 Å². The predicted octanol–water partition coefficient (Wildman–Crippen LogP) is 3.54. The van der Waals surface area contributed by atoms with Gasteiger partial charge in [0.1, 0.15) is 0 Å². The van der Waals surface area contributed by atoms with Crippen molar-refractivity contribution < 1.29 is 0 Å². The van der Waals surface area contributed by atoms with Crippen molar-refractivity contribution in [2.75, 3.05) is 0 Å². The monoisotopic (exact) mass is 414 g/mol. The zero-order valence-corrected chi connectivity index (χ0v) is 10.9. The molecule has 0 bridgehead atoms. The van der Waals surface area contributed by atoms with Crippen LogP contribution in [0.15, 0.2) is 0 Å². The Morgan fingerprint density at radius 2 is 1.89 bits per heavy atom. The van der Waals surface area contributed by atoms with E-state index in [4.69, 9.17) is 0 Å². The van der Waals surface area contributed by atoms with Gasteiger partial charge in [0.15, 0.2) is 0 Å². The summed E-state index contributed by atoms with van der Waals surface area (Å²) < 4.78 is 1.78. The third-order valence-corrected chi connectivity index (χ3v) is 6.25. The standard InChI is InChI=1S/C6H9BrI2/c7-5-3-4(8)1-2-6(5)9/h4-6H,1-3H2. The summed E-state index contributed by atoms with van der Waals surface area (Å²) in [6.45, 7) is 0. The van der Waals surface area contributed by atoms with Crippen molar-refractivity contribution in [1.82, 2.24) is 0 Å². The fraction of sp³-hybridized carbons (Fsp3) is 1.00. The highest BCUT2D eigenvalue weighted by Gasteiger charge is 2.24. The Balaban J connectivity index is 2.35. The third-order valence-electron chi connectivity index (χ3n) is 1.63. The van der Waals surface area contributed by atoms with Gasteiger partial charge in [-0.15, -0.1) is 0 Å². The first-order valence-electron chi connectivity index (χ1n) is 3.12. The minimum atomic E-state index is 0.772. The third kappa shape index (κ3) is 2.81. The summed E-state index contributed by atoms with van der Waals surface area (Å²) in [6.07, 6.45) is 4.16. The first kappa shape index (κ1) is 9.03. The number of alkyl halides is 3. The molecular formula is C6H9BrI2. The summed E-state index contributed by atoms with van der Waals surface area (Å²) in [5, 5.41) is 0. The van der Waals surface area contributed by atoms with Crippen LogP contribution >= 0.6 is 61.1 Å². The summed E-state index contributed by atoms with van der Waals surface area (Å²) in [5.41, 5.74) is 0. The van der Waals surface area contributed by atoms with Gasteiger partial charge in [-0.05, 0) is 19.3 Å². The second-order valence-corrected chi connectivity index (χ2v) is 6.98. The van der Waals surface area contributed by atoms with Gasteiger partial charge >= 0.3 is 0 Å². The predicted molar refractivity (Wildman–Crippen MR) is 62.2 cm³/mol. The van der Waals surface area contributed by atoms with Gasteiger partial charge in [0.05, 0.1) is 0 Å². The minimum absolute atomic E-state index is 0.772. The van der Waals surface area contributed by atoms with Gasteiger partial charge in [0.2, 0.25) is 0 Å². The SMILES string of the molecule is BrC1CC(I)CCC1I. The van der Waals surface area contributed by atoms with E-state index in [2.05, 4.69) is 61.1 Å². The highest BCUT2D eigenvalue weighted by atomic mass is 127. The maximum absolute atomic E-state index is 3.68. The molecule has 0 N–H and O–H groups in total. The Kier molecular flexibility index (Phi) is 4.10. The lowest BCUT2D eigenvalue weighted by molar-refractivity contribution is 0.571. The Labute approximate surface area is 91.9 Å². The normalized spacial score (nSPS) is 45.0. The minimum Gasteiger partial charge on any atom is -0.0879 e. The Morgan fingerprint density at radius 1 is 1.22 bits per heavy atom. The van der Waals surface area contributed by atoms with Crippen molar-refractivity contribution in [2.45, 2.75) is 31.9 Å². The highest BCUT2D eigenvalue weighted by molar-refractivity contribution is 14.1. The Bertz CT molecular complexity index is 97.1. The molecule has 3 heteroatoms. The van der Waals surface area contributed by atoms with Gasteiger partial charge in [-0.2, -0.15) is 0 Å². The molecule has 3 unspecified atom stereocenters. The molecule has 1 fully saturated rings. The molecule has 0 radical (unpaired) electrons. The molecule has 3 atom stereocenters. The molecule has 0 aromatic rings. The Hall–Kier alpha value is 1.94. The van der Waals surface area contributed by atoms with Crippen molar-refractivity contribution in [1.29, 1.82) is 0 Å². The molecular weight excluding hydrogens is 406 g/mol. The molecule has 0 aliphatic heterocycles. The molecule has 0 aromatic carbocycles. The van der Waals surface area contributed by atoms with E-state index < -0.39 is 0 Å². The zero-order valence-electron chi connectivity index (χ0n) is 4.99. The van der Waals surface area contributed by atoms with E-state index in [0.29, 0.717) is 0 Å². The van der Waals surface area contributed by atoms with Gasteiger partial charge in [0.25, 0.3) is 0 Å². The van der Waals surface area contributed by atoms with E-state index in [-0.39, 0.29) is 0 Å². The topological polar surface area (TPSA) is 0 Å². The van der Waals surface area contributed by atoms with Crippen LogP contribution in [-0.2, 0) is 0 Å². The molecule has 0 nitrogen and oxygen atoms in total. The van der Waals surface area contributed by atoms with Crippen LogP contribution in [0.1, 0.15) is 19.3 Å². The second-order valence-electron chi connectivity index (χ2n) is 2.44. The van der Waals surface area contributed by atoms with Crippen molar-refractivity contribution in [3.05, 3.63) is 0 Å². The van der Waals surface area contributed by atoms with Crippen LogP contribution in [0.2, 0.25) is 0 Å². The molecule has 0 aromatic heterocycles. The number of hydrogen-bond donors (Lipinski definition) is 0. The van der Waals surface area contributed by atoms with E-state index >= 15 is 0 Å². The van der Waals surface area contributed by atoms with Gasteiger partial charge in [0, 0.05) is 12.7 Å². The zero-order chi connectivity index (χ0) is 6.85. The smallest absolute Gasteiger partial charge is 0.0273 e. The number of halogens is 3. The highest BCUT2D eigenvalue weighted by Crippen LogP contribution is 2.33. The van der Waals surface area contributed by atoms with Crippen molar-refractivity contribution >= 4 is 61.1 Å². The summed E-state index contributed by atoms with van der Waals surface area (Å²) in [7, 11) is 0. The van der Waals surface area contributed by atoms with E-state index in [0.717, 1.165) is 12.7 Å². The lowest BCUT2D eigenvalue weighted by atomic mass is 10.0. The molecule has 1 saturated carbocycles. The summed E-state index contributed by atoms with van der Waals surface area (Å²) >= 11 is 8.77. The van der Waals surface area contributed by atoms with Crippen LogP contribution in [0.4, 0.5) is 0 Å². The molecule has 0 saturated heterocycles. The Morgan fingerprint density at radius 3 is 2.33 bits per heavy atom. The average Bonchev–Trinajstić information content (AvgIpc) is 1.80. The first-order valence-corrected chi connectivity index (χ1v) is 6.53. The lowest BCUT2D eigenvalue weighted by Crippen LogP contribution is -2.24. The first-order chi connectivity index (χ1) is 4.20. The van der Waals surface area contributed by atoms with Gasteiger partial charge in [-0.1, -0.05) is 61.1 Å². The largest absolute Gasteiger partial charge is 0.0879 e. The molecule has 9 heavy (non-hydrogen) atoms. The summed E-state index contributed by atoms with van der Waals surface area (Å²) in [4.78, 5) is 0.772. The van der Waals surface area contributed by atoms with Crippen molar-refractivity contribution in [2.24, 2.45) is 0 Å². The second kappa shape index (κ2) is 4.09. The molecule has 54 valence electrons. The van der Waals surface area contributed by atoms with Gasteiger partial charge in [-0.25, -0.2) is 0 Å². The number of rotatable bonds is 0. The fourth-order valence-electron chi connectivity index (χ4n) is 1.03. The quantitative estimate of drug-likeness (QED) is 0.420. The molecule has 1 aliphatic rings. The summed E-state index contributed by atoms with van der Waals surface area (Å²) in [6, 6.07) is 0. The van der Waals surface area contributed by atoms with E-state index in [1.807, 2.05) is 0 Å². The molecule has 1 rings (SSSR count). The lowest BCUT2D eigenvalue weighted by Gasteiger charge is -2.25. The van der Waals surface area contributed by atoms with E-state index in [1.165, 1.54) is 19.3 Å². The molecule has 1 aliphatic carbocycles. The van der Waals surface area contributed by atoms with Crippen LogP contribution in [-0.4, -0.2) is 12.7 Å². The van der Waals surface area contributed by atoms with Crippen molar-refractivity contribution in [3.63, 3.8) is 0 Å². The van der Waals surface area contributed by atoms with E-state index in [1.54, 1.807) is 0 Å². The average molecular weight is 415 g/mol. The number of hydrogen-bond acceptors (Lipinski definition) is 0. The van der Waals surface area contributed by atoms with E-state index in [9.17, 15) is 0 Å².